The number of benzene rings is 3. The molecule has 3 aromatic rings. The SMILES string of the molecule is CCOC(=O)CNC(=O)[C@H](C[SH]=CC[P+](c1ccccc1)(c1ccccc1)c1ccccc1)NC(=O)CC[C@H](N)C(=O)OCC.[Br-]. The minimum Gasteiger partial charge on any atom is -1.00 e. The number of amides is 2. The van der Waals surface area contributed by atoms with E-state index in [9.17, 15) is 19.2 Å². The van der Waals surface area contributed by atoms with E-state index < -0.39 is 43.1 Å². The first kappa shape index (κ1) is 38.8. The van der Waals surface area contributed by atoms with Crippen LogP contribution in [0.5, 0.6) is 0 Å². The van der Waals surface area contributed by atoms with E-state index in [1.165, 1.54) is 15.9 Å². The first-order chi connectivity index (χ1) is 21.8. The molecule has 248 valence electrons. The molecule has 0 heterocycles. The predicted octanol–water partition coefficient (Wildman–Crippen LogP) is -0.913. The average Bonchev–Trinajstić information content (AvgIpc) is 3.07. The normalized spacial score (nSPS) is 12.5. The minimum atomic E-state index is -2.10. The summed E-state index contributed by atoms with van der Waals surface area (Å²) in [4.78, 5) is 49.7. The molecule has 3 aromatic carbocycles. The maximum absolute atomic E-state index is 13.1. The average molecular weight is 733 g/mol. The third kappa shape index (κ3) is 11.5. The Morgan fingerprint density at radius 1 is 0.826 bits per heavy atom. The molecule has 0 fully saturated rings. The lowest BCUT2D eigenvalue weighted by molar-refractivity contribution is -0.145. The number of nitrogens with one attached hydrogen (secondary N) is 2. The predicted molar refractivity (Wildman–Crippen MR) is 185 cm³/mol. The van der Waals surface area contributed by atoms with Gasteiger partial charge in [0.1, 0.15) is 41.8 Å². The van der Waals surface area contributed by atoms with Crippen LogP contribution in [-0.4, -0.2) is 72.9 Å². The number of rotatable bonds is 17. The lowest BCUT2D eigenvalue weighted by Crippen LogP contribution is -3.00. The zero-order chi connectivity index (χ0) is 32.5. The number of carbonyl (C=O) groups excluding carboxylic acids is 4. The molecule has 46 heavy (non-hydrogen) atoms. The van der Waals surface area contributed by atoms with Crippen LogP contribution in [0.3, 0.4) is 0 Å². The number of nitrogens with two attached hydrogens (primary N) is 1. The Kier molecular flexibility index (Phi) is 17.5. The topological polar surface area (TPSA) is 137 Å². The largest absolute Gasteiger partial charge is 1.00 e. The van der Waals surface area contributed by atoms with Crippen LogP contribution in [0.25, 0.3) is 0 Å². The molecule has 0 spiro atoms. The summed E-state index contributed by atoms with van der Waals surface area (Å²) >= 11 is 0.827. The van der Waals surface area contributed by atoms with E-state index in [2.05, 4.69) is 88.8 Å². The van der Waals surface area contributed by atoms with Crippen molar-refractivity contribution in [3.63, 3.8) is 0 Å². The van der Waals surface area contributed by atoms with Crippen molar-refractivity contribution >= 4 is 63.6 Å². The van der Waals surface area contributed by atoms with Gasteiger partial charge in [0, 0.05) is 12.2 Å². The number of halogens is 1. The van der Waals surface area contributed by atoms with E-state index in [4.69, 9.17) is 15.2 Å². The Morgan fingerprint density at radius 3 is 1.80 bits per heavy atom. The quantitative estimate of drug-likeness (QED) is 0.0611. The minimum absolute atomic E-state index is 0. The van der Waals surface area contributed by atoms with Crippen molar-refractivity contribution in [3.8, 4) is 0 Å². The smallest absolute Gasteiger partial charge is 0.325 e. The van der Waals surface area contributed by atoms with E-state index in [-0.39, 0.29) is 55.3 Å². The van der Waals surface area contributed by atoms with Gasteiger partial charge in [-0.05, 0) is 62.0 Å². The van der Waals surface area contributed by atoms with Gasteiger partial charge >= 0.3 is 11.9 Å². The van der Waals surface area contributed by atoms with E-state index in [0.29, 0.717) is 0 Å². The highest BCUT2D eigenvalue weighted by Gasteiger charge is 2.44. The highest BCUT2D eigenvalue weighted by molar-refractivity contribution is 8.01. The molecule has 2 atom stereocenters. The standard InChI is InChI=1S/C34H42N3O6PS.BrH/c1-3-42-32(39)24-36-33(40)30(37-31(38)21-20-29(35)34(41)43-4-2)25-45-23-22-44(26-14-8-5-9-15-26,27-16-10-6-11-17-27)28-18-12-7-13-19-28;/h5-19,23,29-30,45H,3-4,20-22,24-25,35H2,1-2H3,(H-,36,37,38,40);1H/t29-,30-;/m0./s1. The molecule has 0 saturated carbocycles. The lowest BCUT2D eigenvalue weighted by Gasteiger charge is -2.26. The molecule has 9 nitrogen and oxygen atoms in total. The van der Waals surface area contributed by atoms with Crippen LogP contribution in [0, 0.1) is 0 Å². The second kappa shape index (κ2) is 20.7. The fraction of sp³-hybridized carbons (Fsp3) is 0.324. The Balaban J connectivity index is 0.00000736. The molecule has 12 heteroatoms. The first-order valence-electron chi connectivity index (χ1n) is 15.0. The summed E-state index contributed by atoms with van der Waals surface area (Å²) in [5.74, 6) is -1.79. The van der Waals surface area contributed by atoms with Gasteiger partial charge in [0.05, 0.1) is 19.4 Å². The fourth-order valence-electron chi connectivity index (χ4n) is 4.78. The summed E-state index contributed by atoms with van der Waals surface area (Å²) in [6.45, 7) is 3.44. The van der Waals surface area contributed by atoms with Gasteiger partial charge < -0.3 is 42.8 Å². The van der Waals surface area contributed by atoms with Crippen LogP contribution in [0.4, 0.5) is 0 Å². The summed E-state index contributed by atoms with van der Waals surface area (Å²) in [5, 5.41) is 11.2. The van der Waals surface area contributed by atoms with Crippen molar-refractivity contribution in [1.29, 1.82) is 0 Å². The van der Waals surface area contributed by atoms with Gasteiger partial charge in [0.2, 0.25) is 11.8 Å². The molecule has 0 aliphatic carbocycles. The molecule has 0 aromatic heterocycles. The Bertz CT molecular complexity index is 1320. The van der Waals surface area contributed by atoms with Gasteiger partial charge in [-0.25, -0.2) is 0 Å². The van der Waals surface area contributed by atoms with E-state index in [0.717, 1.165) is 17.5 Å². The number of ether oxygens (including phenoxy) is 2. The van der Waals surface area contributed by atoms with Crippen molar-refractivity contribution in [3.05, 3.63) is 91.0 Å². The van der Waals surface area contributed by atoms with Crippen LogP contribution in [0.15, 0.2) is 91.0 Å². The third-order valence-corrected chi connectivity index (χ3v) is 12.6. The fourth-order valence-corrected chi connectivity index (χ4v) is 10.4. The first-order valence-corrected chi connectivity index (χ1v) is 18.1. The van der Waals surface area contributed by atoms with Crippen molar-refractivity contribution in [2.24, 2.45) is 5.73 Å². The van der Waals surface area contributed by atoms with Crippen LogP contribution in [0.1, 0.15) is 26.7 Å². The van der Waals surface area contributed by atoms with Crippen molar-refractivity contribution < 1.29 is 45.6 Å². The number of thiol groups is 1. The highest BCUT2D eigenvalue weighted by atomic mass is 79.9. The van der Waals surface area contributed by atoms with E-state index in [1.54, 1.807) is 13.8 Å². The van der Waals surface area contributed by atoms with Gasteiger partial charge in [-0.15, -0.1) is 0 Å². The van der Waals surface area contributed by atoms with Crippen molar-refractivity contribution in [2.75, 3.05) is 31.7 Å². The van der Waals surface area contributed by atoms with Gasteiger partial charge in [0.25, 0.3) is 0 Å². The maximum Gasteiger partial charge on any atom is 0.325 e. The summed E-state index contributed by atoms with van der Waals surface area (Å²) < 4.78 is 9.83. The summed E-state index contributed by atoms with van der Waals surface area (Å²) in [6, 6.07) is 29.6. The molecule has 0 aliphatic heterocycles. The van der Waals surface area contributed by atoms with E-state index >= 15 is 0 Å². The molecule has 0 aliphatic rings. The monoisotopic (exact) mass is 731 g/mol. The molecular weight excluding hydrogens is 689 g/mol. The molecule has 0 saturated heterocycles. The van der Waals surface area contributed by atoms with Gasteiger partial charge in [-0.3, -0.25) is 19.2 Å². The van der Waals surface area contributed by atoms with Gasteiger partial charge in [-0.1, -0.05) is 54.6 Å². The van der Waals surface area contributed by atoms with Crippen LogP contribution < -0.4 is 49.3 Å². The van der Waals surface area contributed by atoms with Crippen molar-refractivity contribution in [1.82, 2.24) is 10.6 Å². The molecule has 0 radical (unpaired) electrons. The van der Waals surface area contributed by atoms with Crippen LogP contribution in [-0.2, 0) is 28.7 Å². The van der Waals surface area contributed by atoms with Crippen LogP contribution in [0.2, 0.25) is 0 Å². The van der Waals surface area contributed by atoms with Crippen molar-refractivity contribution in [2.45, 2.75) is 38.8 Å². The second-order valence-corrected chi connectivity index (χ2v) is 14.7. The number of hydrogen-bond donors (Lipinski definition) is 4. The summed E-state index contributed by atoms with van der Waals surface area (Å²) in [5.41, 5.74) is 5.85. The third-order valence-electron chi connectivity index (χ3n) is 7.00. The lowest BCUT2D eigenvalue weighted by atomic mass is 10.1. The zero-order valence-corrected chi connectivity index (χ0v) is 29.5. The molecule has 4 N–H and O–H groups in total. The molecule has 2 amide bonds. The zero-order valence-electron chi connectivity index (χ0n) is 26.1. The summed E-state index contributed by atoms with van der Waals surface area (Å²) in [6.07, 6.45) is 0.739. The van der Waals surface area contributed by atoms with Gasteiger partial charge in [0.15, 0.2) is 0 Å². The van der Waals surface area contributed by atoms with E-state index in [1.807, 2.05) is 18.2 Å². The maximum atomic E-state index is 13.1. The molecule has 0 unspecified atom stereocenters. The van der Waals surface area contributed by atoms with Gasteiger partial charge in [-0.2, -0.15) is 11.4 Å². The molecular formula is C34H43BrN3O6PS. The Labute approximate surface area is 286 Å². The Morgan fingerprint density at radius 2 is 1.33 bits per heavy atom. The number of carbonyl (C=O) groups is 4. The number of hydrogen-bond acceptors (Lipinski definition) is 7. The summed E-state index contributed by atoms with van der Waals surface area (Å²) in [7, 11) is -2.10. The Hall–Kier alpha value is -3.37. The molecule has 0 bridgehead atoms. The molecule has 3 rings (SSSR count). The second-order valence-electron chi connectivity index (χ2n) is 10.1. The van der Waals surface area contributed by atoms with Crippen LogP contribution >= 0.6 is 18.6 Å². The highest BCUT2D eigenvalue weighted by Crippen LogP contribution is 2.54. The number of esters is 2.